The van der Waals surface area contributed by atoms with E-state index in [0.717, 1.165) is 6.54 Å². The molecule has 0 N–H and O–H groups in total. The first-order chi connectivity index (χ1) is 9.83. The van der Waals surface area contributed by atoms with Crippen LogP contribution in [-0.2, 0) is 6.54 Å². The molecule has 0 spiro atoms. The highest BCUT2D eigenvalue weighted by Gasteiger charge is 2.23. The molecule has 0 amide bonds. The maximum Gasteiger partial charge on any atom is 0.0445 e. The second-order valence-electron chi connectivity index (χ2n) is 5.48. The van der Waals surface area contributed by atoms with Crippen LogP contribution in [0.5, 0.6) is 0 Å². The molecule has 0 aliphatic carbocycles. The summed E-state index contributed by atoms with van der Waals surface area (Å²) >= 11 is 5.49. The van der Waals surface area contributed by atoms with Gasteiger partial charge in [0.05, 0.1) is 0 Å². The van der Waals surface area contributed by atoms with E-state index in [0.29, 0.717) is 6.04 Å². The molecule has 1 aliphatic rings. The van der Waals surface area contributed by atoms with E-state index in [4.69, 9.17) is 0 Å². The number of likely N-dealkylation sites (tertiary alicyclic amines) is 1. The third-order valence-corrected chi connectivity index (χ3v) is 5.48. The van der Waals surface area contributed by atoms with Crippen LogP contribution in [0.15, 0.2) is 46.3 Å². The summed E-state index contributed by atoms with van der Waals surface area (Å²) in [6.07, 6.45) is 5.36. The molecule has 1 aromatic heterocycles. The SMILES string of the molecule is Brc1cccc(CN2CCCCC[C@@H]2c2cccs2)c1. The average Bonchev–Trinajstić information content (AvgIpc) is 2.87. The third kappa shape index (κ3) is 3.51. The number of thiophene rings is 1. The van der Waals surface area contributed by atoms with Gasteiger partial charge in [0.25, 0.3) is 0 Å². The van der Waals surface area contributed by atoms with Crippen molar-refractivity contribution in [3.63, 3.8) is 0 Å². The minimum absolute atomic E-state index is 0.608. The normalized spacial score (nSPS) is 20.8. The van der Waals surface area contributed by atoms with Gasteiger partial charge in [0.2, 0.25) is 0 Å². The summed E-state index contributed by atoms with van der Waals surface area (Å²) in [5, 5.41) is 2.21. The van der Waals surface area contributed by atoms with Gasteiger partial charge in [-0.25, -0.2) is 0 Å². The van der Waals surface area contributed by atoms with Gasteiger partial charge in [-0.05, 0) is 48.5 Å². The van der Waals surface area contributed by atoms with Crippen molar-refractivity contribution >= 4 is 27.3 Å². The van der Waals surface area contributed by atoms with Crippen LogP contribution in [-0.4, -0.2) is 11.4 Å². The zero-order valence-electron chi connectivity index (χ0n) is 11.6. The Kier molecular flexibility index (Phi) is 4.92. The van der Waals surface area contributed by atoms with Gasteiger partial charge in [-0.15, -0.1) is 11.3 Å². The highest BCUT2D eigenvalue weighted by atomic mass is 79.9. The Morgan fingerprint density at radius 3 is 2.90 bits per heavy atom. The Balaban J connectivity index is 1.80. The zero-order valence-corrected chi connectivity index (χ0v) is 14.0. The topological polar surface area (TPSA) is 3.24 Å². The standard InChI is InChI=1S/C17H20BrNS/c18-15-7-4-6-14(12-15)13-19-10-3-1-2-8-16(19)17-9-5-11-20-17/h4-7,9,11-12,16H,1-3,8,10,13H2/t16-/m1/s1. The van der Waals surface area contributed by atoms with Crippen molar-refractivity contribution in [2.24, 2.45) is 0 Å². The van der Waals surface area contributed by atoms with Crippen LogP contribution in [0.2, 0.25) is 0 Å². The number of halogens is 1. The molecule has 2 heterocycles. The average molecular weight is 350 g/mol. The molecule has 1 aliphatic heterocycles. The molecule has 2 aromatic rings. The second-order valence-corrected chi connectivity index (χ2v) is 7.38. The van der Waals surface area contributed by atoms with E-state index in [-0.39, 0.29) is 0 Å². The van der Waals surface area contributed by atoms with E-state index < -0.39 is 0 Å². The van der Waals surface area contributed by atoms with Crippen LogP contribution in [0, 0.1) is 0 Å². The predicted octanol–water partition coefficient (Wildman–Crippen LogP) is 5.63. The van der Waals surface area contributed by atoms with E-state index in [1.54, 1.807) is 0 Å². The van der Waals surface area contributed by atoms with Gasteiger partial charge in [-0.1, -0.05) is 47.0 Å². The molecular formula is C17H20BrNS. The van der Waals surface area contributed by atoms with Crippen LogP contribution < -0.4 is 0 Å². The van der Waals surface area contributed by atoms with Crippen LogP contribution >= 0.6 is 27.3 Å². The molecule has 1 saturated heterocycles. The summed E-state index contributed by atoms with van der Waals surface area (Å²) in [5.41, 5.74) is 1.41. The minimum Gasteiger partial charge on any atom is -0.291 e. The van der Waals surface area contributed by atoms with Crippen molar-refractivity contribution in [1.29, 1.82) is 0 Å². The predicted molar refractivity (Wildman–Crippen MR) is 90.1 cm³/mol. The molecule has 3 rings (SSSR count). The largest absolute Gasteiger partial charge is 0.291 e. The first-order valence-electron chi connectivity index (χ1n) is 7.35. The molecule has 1 atom stereocenters. The molecule has 0 unspecified atom stereocenters. The fourth-order valence-electron chi connectivity index (χ4n) is 3.03. The summed E-state index contributed by atoms with van der Waals surface area (Å²) < 4.78 is 1.18. The first-order valence-corrected chi connectivity index (χ1v) is 9.02. The Bertz CT molecular complexity index is 538. The van der Waals surface area contributed by atoms with Crippen molar-refractivity contribution in [3.05, 3.63) is 56.7 Å². The lowest BCUT2D eigenvalue weighted by Gasteiger charge is -2.29. The Labute approximate surface area is 133 Å². The lowest BCUT2D eigenvalue weighted by molar-refractivity contribution is 0.195. The smallest absolute Gasteiger partial charge is 0.0445 e. The summed E-state index contributed by atoms with van der Waals surface area (Å²) in [6.45, 7) is 2.27. The molecule has 1 nitrogen and oxygen atoms in total. The molecular weight excluding hydrogens is 330 g/mol. The van der Waals surface area contributed by atoms with Crippen molar-refractivity contribution in [3.8, 4) is 0 Å². The van der Waals surface area contributed by atoms with E-state index in [9.17, 15) is 0 Å². The molecule has 0 bridgehead atoms. The Hall–Kier alpha value is -0.640. The van der Waals surface area contributed by atoms with Crippen molar-refractivity contribution < 1.29 is 0 Å². The maximum absolute atomic E-state index is 3.58. The van der Waals surface area contributed by atoms with Crippen molar-refractivity contribution in [1.82, 2.24) is 4.90 Å². The maximum atomic E-state index is 3.58. The van der Waals surface area contributed by atoms with Crippen LogP contribution in [0.3, 0.4) is 0 Å². The van der Waals surface area contributed by atoms with Gasteiger partial charge in [-0.3, -0.25) is 4.90 Å². The molecule has 3 heteroatoms. The van der Waals surface area contributed by atoms with Crippen molar-refractivity contribution in [2.75, 3.05) is 6.54 Å². The van der Waals surface area contributed by atoms with Gasteiger partial charge in [-0.2, -0.15) is 0 Å². The van der Waals surface area contributed by atoms with Gasteiger partial charge in [0.1, 0.15) is 0 Å². The monoisotopic (exact) mass is 349 g/mol. The Morgan fingerprint density at radius 1 is 1.15 bits per heavy atom. The number of rotatable bonds is 3. The molecule has 0 radical (unpaired) electrons. The molecule has 1 fully saturated rings. The van der Waals surface area contributed by atoms with Gasteiger partial charge < -0.3 is 0 Å². The number of hydrogen-bond donors (Lipinski definition) is 0. The molecule has 1 aromatic carbocycles. The molecule has 106 valence electrons. The van der Waals surface area contributed by atoms with Gasteiger partial charge in [0.15, 0.2) is 0 Å². The highest BCUT2D eigenvalue weighted by molar-refractivity contribution is 9.10. The van der Waals surface area contributed by atoms with Crippen molar-refractivity contribution in [2.45, 2.75) is 38.3 Å². The third-order valence-electron chi connectivity index (χ3n) is 4.01. The second kappa shape index (κ2) is 6.88. The summed E-state index contributed by atoms with van der Waals surface area (Å²) in [6, 6.07) is 13.8. The van der Waals surface area contributed by atoms with E-state index in [2.05, 4.69) is 62.6 Å². The molecule has 20 heavy (non-hydrogen) atoms. The van der Waals surface area contributed by atoms with Crippen LogP contribution in [0.1, 0.15) is 42.2 Å². The lowest BCUT2D eigenvalue weighted by Crippen LogP contribution is -2.27. The first kappa shape index (κ1) is 14.3. The lowest BCUT2D eigenvalue weighted by atomic mass is 10.1. The highest BCUT2D eigenvalue weighted by Crippen LogP contribution is 2.33. The zero-order chi connectivity index (χ0) is 13.8. The number of nitrogens with zero attached hydrogens (tertiary/aromatic N) is 1. The van der Waals surface area contributed by atoms with Gasteiger partial charge in [0, 0.05) is 21.9 Å². The molecule has 0 saturated carbocycles. The summed E-state index contributed by atoms with van der Waals surface area (Å²) in [5.74, 6) is 0. The fraction of sp³-hybridized carbons (Fsp3) is 0.412. The fourth-order valence-corrected chi connectivity index (χ4v) is 4.37. The van der Waals surface area contributed by atoms with E-state index in [1.165, 1.54) is 47.1 Å². The van der Waals surface area contributed by atoms with E-state index in [1.807, 2.05) is 11.3 Å². The van der Waals surface area contributed by atoms with Crippen LogP contribution in [0.4, 0.5) is 0 Å². The minimum atomic E-state index is 0.608. The number of benzene rings is 1. The summed E-state index contributed by atoms with van der Waals surface area (Å²) in [7, 11) is 0. The summed E-state index contributed by atoms with van der Waals surface area (Å²) in [4.78, 5) is 4.20. The van der Waals surface area contributed by atoms with E-state index >= 15 is 0 Å². The van der Waals surface area contributed by atoms with Gasteiger partial charge >= 0.3 is 0 Å². The quantitative estimate of drug-likeness (QED) is 0.694. The van der Waals surface area contributed by atoms with Crippen LogP contribution in [0.25, 0.3) is 0 Å². The Morgan fingerprint density at radius 2 is 2.10 bits per heavy atom. The number of hydrogen-bond acceptors (Lipinski definition) is 2.